The van der Waals surface area contributed by atoms with Crippen LogP contribution in [0.3, 0.4) is 0 Å². The molecule has 1 aromatic rings. The summed E-state index contributed by atoms with van der Waals surface area (Å²) in [5.41, 5.74) is 0.694. The van der Waals surface area contributed by atoms with Crippen molar-refractivity contribution in [1.82, 2.24) is 5.32 Å². The van der Waals surface area contributed by atoms with Gasteiger partial charge in [-0.3, -0.25) is 10.1 Å². The van der Waals surface area contributed by atoms with Gasteiger partial charge >= 0.3 is 0 Å². The SMILES string of the molecule is C#CCCCCNCc1cc(Cl)ccc1[N+](=O)[O-]. The van der Waals surface area contributed by atoms with Crippen LogP contribution < -0.4 is 5.32 Å². The van der Waals surface area contributed by atoms with E-state index in [0.717, 1.165) is 25.8 Å². The van der Waals surface area contributed by atoms with Gasteiger partial charge in [0.15, 0.2) is 0 Å². The first-order chi connectivity index (χ1) is 8.65. The summed E-state index contributed by atoms with van der Waals surface area (Å²) in [6, 6.07) is 4.57. The van der Waals surface area contributed by atoms with E-state index in [4.69, 9.17) is 18.0 Å². The highest BCUT2D eigenvalue weighted by Gasteiger charge is 2.12. The molecule has 0 heterocycles. The van der Waals surface area contributed by atoms with Crippen molar-refractivity contribution < 1.29 is 4.92 Å². The molecule has 0 bridgehead atoms. The first kappa shape index (κ1) is 14.5. The van der Waals surface area contributed by atoms with Gasteiger partial charge in [0, 0.05) is 29.6 Å². The van der Waals surface area contributed by atoms with Crippen molar-refractivity contribution >= 4 is 17.3 Å². The molecule has 0 atom stereocenters. The molecule has 0 saturated heterocycles. The summed E-state index contributed by atoms with van der Waals surface area (Å²) in [4.78, 5) is 10.4. The third kappa shape index (κ3) is 4.74. The van der Waals surface area contributed by atoms with E-state index in [1.54, 1.807) is 6.07 Å². The Bertz CT molecular complexity index is 455. The van der Waals surface area contributed by atoms with E-state index in [9.17, 15) is 10.1 Å². The molecule has 1 N–H and O–H groups in total. The second kappa shape index (κ2) is 7.70. The lowest BCUT2D eigenvalue weighted by molar-refractivity contribution is -0.385. The molecule has 96 valence electrons. The second-order valence-electron chi connectivity index (χ2n) is 3.87. The smallest absolute Gasteiger partial charge is 0.273 e. The predicted octanol–water partition coefficient (Wildman–Crippen LogP) is 3.14. The molecule has 0 radical (unpaired) electrons. The minimum atomic E-state index is -0.397. The van der Waals surface area contributed by atoms with Crippen LogP contribution in [-0.2, 0) is 6.54 Å². The van der Waals surface area contributed by atoms with Crippen LogP contribution >= 0.6 is 11.6 Å². The molecule has 0 amide bonds. The molecule has 1 rings (SSSR count). The van der Waals surface area contributed by atoms with Crippen molar-refractivity contribution in [3.05, 3.63) is 38.9 Å². The minimum Gasteiger partial charge on any atom is -0.312 e. The van der Waals surface area contributed by atoms with Crippen molar-refractivity contribution in [2.24, 2.45) is 0 Å². The average Bonchev–Trinajstić information content (AvgIpc) is 2.33. The summed E-state index contributed by atoms with van der Waals surface area (Å²) in [6.07, 6.45) is 7.82. The molecule has 0 aliphatic rings. The lowest BCUT2D eigenvalue weighted by atomic mass is 10.1. The van der Waals surface area contributed by atoms with Crippen LogP contribution in [0, 0.1) is 22.5 Å². The van der Waals surface area contributed by atoms with E-state index in [0.29, 0.717) is 17.1 Å². The Morgan fingerprint density at radius 1 is 1.44 bits per heavy atom. The fraction of sp³-hybridized carbons (Fsp3) is 0.385. The molecule has 0 spiro atoms. The Morgan fingerprint density at radius 3 is 2.89 bits per heavy atom. The molecule has 0 aliphatic carbocycles. The number of hydrogen-bond acceptors (Lipinski definition) is 3. The molecule has 1 aromatic carbocycles. The number of terminal acetylenes is 1. The van der Waals surface area contributed by atoms with Crippen LogP contribution in [0.15, 0.2) is 18.2 Å². The third-order valence-corrected chi connectivity index (χ3v) is 2.71. The highest BCUT2D eigenvalue weighted by atomic mass is 35.5. The number of nitro groups is 1. The van der Waals surface area contributed by atoms with E-state index in [2.05, 4.69) is 11.2 Å². The normalized spacial score (nSPS) is 10.0. The molecule has 0 aromatic heterocycles. The minimum absolute atomic E-state index is 0.0931. The quantitative estimate of drug-likeness (QED) is 0.357. The Kier molecular flexibility index (Phi) is 6.20. The Hall–Kier alpha value is -1.57. The van der Waals surface area contributed by atoms with Gasteiger partial charge in [0.05, 0.1) is 4.92 Å². The highest BCUT2D eigenvalue weighted by Crippen LogP contribution is 2.22. The third-order valence-electron chi connectivity index (χ3n) is 2.48. The van der Waals surface area contributed by atoms with E-state index >= 15 is 0 Å². The lowest BCUT2D eigenvalue weighted by Gasteiger charge is -2.05. The highest BCUT2D eigenvalue weighted by molar-refractivity contribution is 6.30. The largest absolute Gasteiger partial charge is 0.312 e. The van der Waals surface area contributed by atoms with E-state index in [1.165, 1.54) is 12.1 Å². The van der Waals surface area contributed by atoms with Gasteiger partial charge in [-0.1, -0.05) is 11.6 Å². The van der Waals surface area contributed by atoms with Crippen LogP contribution in [0.1, 0.15) is 24.8 Å². The number of nitrogens with zero attached hydrogens (tertiary/aromatic N) is 1. The van der Waals surface area contributed by atoms with Gasteiger partial charge in [-0.25, -0.2) is 0 Å². The van der Waals surface area contributed by atoms with Crippen LogP contribution in [0.2, 0.25) is 5.02 Å². The van der Waals surface area contributed by atoms with Gasteiger partial charge in [-0.2, -0.15) is 0 Å². The zero-order chi connectivity index (χ0) is 13.4. The van der Waals surface area contributed by atoms with Crippen LogP contribution in [-0.4, -0.2) is 11.5 Å². The summed E-state index contributed by atoms with van der Waals surface area (Å²) in [7, 11) is 0. The van der Waals surface area contributed by atoms with Crippen LogP contribution in [0.25, 0.3) is 0 Å². The van der Waals surface area contributed by atoms with Gasteiger partial charge in [0.25, 0.3) is 5.69 Å². The first-order valence-corrected chi connectivity index (χ1v) is 6.10. The average molecular weight is 267 g/mol. The summed E-state index contributed by atoms with van der Waals surface area (Å²) in [5.74, 6) is 2.57. The topological polar surface area (TPSA) is 55.2 Å². The van der Waals surface area contributed by atoms with Crippen LogP contribution in [0.5, 0.6) is 0 Å². The number of rotatable bonds is 7. The second-order valence-corrected chi connectivity index (χ2v) is 4.30. The summed E-state index contributed by atoms with van der Waals surface area (Å²) < 4.78 is 0. The van der Waals surface area contributed by atoms with E-state index < -0.39 is 4.92 Å². The summed E-state index contributed by atoms with van der Waals surface area (Å²) in [6.45, 7) is 1.22. The number of hydrogen-bond donors (Lipinski definition) is 1. The van der Waals surface area contributed by atoms with Crippen molar-refractivity contribution in [3.8, 4) is 12.3 Å². The molecule has 0 fully saturated rings. The van der Waals surface area contributed by atoms with Gasteiger partial charge in [0.2, 0.25) is 0 Å². The Labute approximate surface area is 111 Å². The summed E-state index contributed by atoms with van der Waals surface area (Å²) in [5, 5.41) is 14.5. The number of nitrogens with one attached hydrogen (secondary N) is 1. The van der Waals surface area contributed by atoms with E-state index in [1.807, 2.05) is 0 Å². The zero-order valence-corrected chi connectivity index (χ0v) is 10.7. The fourth-order valence-electron chi connectivity index (χ4n) is 1.57. The molecule has 0 unspecified atom stereocenters. The van der Waals surface area contributed by atoms with Crippen molar-refractivity contribution in [2.75, 3.05) is 6.54 Å². The van der Waals surface area contributed by atoms with Gasteiger partial charge < -0.3 is 5.32 Å². The van der Waals surface area contributed by atoms with Gasteiger partial charge in [0.1, 0.15) is 0 Å². The lowest BCUT2D eigenvalue weighted by Crippen LogP contribution is -2.15. The first-order valence-electron chi connectivity index (χ1n) is 5.72. The zero-order valence-electron chi connectivity index (χ0n) is 9.99. The maximum Gasteiger partial charge on any atom is 0.273 e. The molecule has 0 aliphatic heterocycles. The van der Waals surface area contributed by atoms with Crippen molar-refractivity contribution in [1.29, 1.82) is 0 Å². The molecule has 5 heteroatoms. The van der Waals surface area contributed by atoms with Gasteiger partial charge in [-0.05, 0) is 31.5 Å². The molecular weight excluding hydrogens is 252 g/mol. The predicted molar refractivity (Wildman–Crippen MR) is 72.5 cm³/mol. The Morgan fingerprint density at radius 2 is 2.22 bits per heavy atom. The molecular formula is C13H15ClN2O2. The monoisotopic (exact) mass is 266 g/mol. The number of nitro benzene ring substituents is 1. The maximum absolute atomic E-state index is 10.8. The van der Waals surface area contributed by atoms with E-state index in [-0.39, 0.29) is 5.69 Å². The van der Waals surface area contributed by atoms with Gasteiger partial charge in [-0.15, -0.1) is 12.3 Å². The molecule has 4 nitrogen and oxygen atoms in total. The molecule has 18 heavy (non-hydrogen) atoms. The van der Waals surface area contributed by atoms with Crippen molar-refractivity contribution in [3.63, 3.8) is 0 Å². The Balaban J connectivity index is 2.48. The molecule has 0 saturated carbocycles. The standard InChI is InChI=1S/C13H15ClN2O2/c1-2-3-4-5-8-15-10-11-9-12(14)6-7-13(11)16(17)18/h1,6-7,9,15H,3-5,8,10H2. The fourth-order valence-corrected chi connectivity index (χ4v) is 1.77. The number of unbranched alkanes of at least 4 members (excludes halogenated alkanes) is 2. The summed E-state index contributed by atoms with van der Waals surface area (Å²) >= 11 is 5.83. The van der Waals surface area contributed by atoms with Crippen molar-refractivity contribution in [2.45, 2.75) is 25.8 Å². The maximum atomic E-state index is 10.8. The number of benzene rings is 1. The van der Waals surface area contributed by atoms with Crippen LogP contribution in [0.4, 0.5) is 5.69 Å². The number of halogens is 1.